The molecule has 84 valence electrons. The minimum Gasteiger partial charge on any atom is -0.211 e. The first-order chi connectivity index (χ1) is 6.97. The lowest BCUT2D eigenvalue weighted by molar-refractivity contribution is 0.576. The largest absolute Gasteiger partial charge is 0.240 e. The van der Waals surface area contributed by atoms with E-state index >= 15 is 0 Å². The molecule has 3 nitrogen and oxygen atoms in total. The normalized spacial score (nSPS) is 11.7. The van der Waals surface area contributed by atoms with Crippen molar-refractivity contribution in [2.24, 2.45) is 0 Å². The molecule has 0 atom stereocenters. The van der Waals surface area contributed by atoms with Gasteiger partial charge >= 0.3 is 0 Å². The maximum absolute atomic E-state index is 13.1. The van der Waals surface area contributed by atoms with E-state index in [2.05, 4.69) is 4.72 Å². The average Bonchev–Trinajstić information content (AvgIpc) is 2.19. The van der Waals surface area contributed by atoms with E-state index in [4.69, 9.17) is 0 Å². The van der Waals surface area contributed by atoms with Crippen LogP contribution in [0.15, 0.2) is 23.1 Å². The zero-order valence-corrected chi connectivity index (χ0v) is 9.57. The number of halogens is 1. The first-order valence-corrected chi connectivity index (χ1v) is 6.21. The highest BCUT2D eigenvalue weighted by atomic mass is 32.2. The molecule has 0 fully saturated rings. The Morgan fingerprint density at radius 1 is 1.40 bits per heavy atom. The summed E-state index contributed by atoms with van der Waals surface area (Å²) < 4.78 is 38.7. The van der Waals surface area contributed by atoms with Gasteiger partial charge in [-0.25, -0.2) is 17.5 Å². The quantitative estimate of drug-likeness (QED) is 0.859. The zero-order chi connectivity index (χ0) is 11.5. The van der Waals surface area contributed by atoms with E-state index < -0.39 is 15.8 Å². The van der Waals surface area contributed by atoms with E-state index in [0.717, 1.165) is 6.07 Å². The Kier molecular flexibility index (Phi) is 3.82. The fourth-order valence-electron chi connectivity index (χ4n) is 1.06. The Morgan fingerprint density at radius 2 is 2.07 bits per heavy atom. The molecule has 0 bridgehead atoms. The number of benzene rings is 1. The Hall–Kier alpha value is -0.940. The molecule has 0 aliphatic rings. The number of sulfonamides is 1. The number of hydrogen-bond donors (Lipinski definition) is 1. The molecule has 0 aliphatic carbocycles. The summed E-state index contributed by atoms with van der Waals surface area (Å²) in [6.07, 6.45) is 0.702. The van der Waals surface area contributed by atoms with Gasteiger partial charge in [-0.05, 0) is 31.0 Å². The highest BCUT2D eigenvalue weighted by Crippen LogP contribution is 2.13. The minimum absolute atomic E-state index is 0.0287. The molecule has 0 spiro atoms. The van der Waals surface area contributed by atoms with E-state index in [1.165, 1.54) is 12.1 Å². The highest BCUT2D eigenvalue weighted by molar-refractivity contribution is 7.89. The van der Waals surface area contributed by atoms with Gasteiger partial charge in [0.15, 0.2) is 0 Å². The molecule has 0 aromatic heterocycles. The molecule has 1 N–H and O–H groups in total. The Morgan fingerprint density at radius 3 is 2.60 bits per heavy atom. The second-order valence-electron chi connectivity index (χ2n) is 3.31. The number of hydrogen-bond acceptors (Lipinski definition) is 2. The second kappa shape index (κ2) is 4.72. The molecular formula is C10H14FNO2S. The molecule has 1 aromatic rings. The third-order valence-corrected chi connectivity index (χ3v) is 3.45. The third kappa shape index (κ3) is 3.00. The van der Waals surface area contributed by atoms with E-state index in [1.54, 1.807) is 6.92 Å². The van der Waals surface area contributed by atoms with Crippen molar-refractivity contribution in [3.63, 3.8) is 0 Å². The zero-order valence-electron chi connectivity index (χ0n) is 8.75. The monoisotopic (exact) mass is 231 g/mol. The van der Waals surface area contributed by atoms with E-state index in [0.29, 0.717) is 18.5 Å². The summed E-state index contributed by atoms with van der Waals surface area (Å²) >= 11 is 0. The van der Waals surface area contributed by atoms with E-state index in [1.807, 2.05) is 6.92 Å². The standard InChI is InChI=1S/C10H14FNO2S/c1-3-6-12-15(13,14)9-5-4-8(2)10(11)7-9/h4-5,7,12H,3,6H2,1-2H3. The smallest absolute Gasteiger partial charge is 0.211 e. The van der Waals surface area contributed by atoms with Crippen LogP contribution in [0.5, 0.6) is 0 Å². The second-order valence-corrected chi connectivity index (χ2v) is 5.08. The van der Waals surface area contributed by atoms with Gasteiger partial charge in [0, 0.05) is 6.54 Å². The van der Waals surface area contributed by atoms with Crippen LogP contribution in [-0.4, -0.2) is 15.0 Å². The average molecular weight is 231 g/mol. The molecule has 0 amide bonds. The van der Waals surface area contributed by atoms with Crippen LogP contribution in [0.1, 0.15) is 18.9 Å². The minimum atomic E-state index is -3.55. The molecule has 1 aromatic carbocycles. The summed E-state index contributed by atoms with van der Waals surface area (Å²) in [7, 11) is -3.55. The van der Waals surface area contributed by atoms with Crippen LogP contribution in [0.4, 0.5) is 4.39 Å². The van der Waals surface area contributed by atoms with Crippen molar-refractivity contribution in [3.8, 4) is 0 Å². The third-order valence-electron chi connectivity index (χ3n) is 2.00. The summed E-state index contributed by atoms with van der Waals surface area (Å²) in [5.74, 6) is -0.505. The van der Waals surface area contributed by atoms with Gasteiger partial charge in [-0.3, -0.25) is 0 Å². The van der Waals surface area contributed by atoms with E-state index in [-0.39, 0.29) is 4.90 Å². The van der Waals surface area contributed by atoms with Crippen molar-refractivity contribution >= 4 is 10.0 Å². The van der Waals surface area contributed by atoms with Crippen LogP contribution < -0.4 is 4.72 Å². The van der Waals surface area contributed by atoms with Crippen LogP contribution in [0.2, 0.25) is 0 Å². The molecule has 5 heteroatoms. The number of aryl methyl sites for hydroxylation is 1. The maximum atomic E-state index is 13.1. The van der Waals surface area contributed by atoms with Crippen molar-refractivity contribution in [2.45, 2.75) is 25.2 Å². The Labute approximate surface area is 89.4 Å². The predicted molar refractivity (Wildman–Crippen MR) is 56.6 cm³/mol. The molecule has 1 rings (SSSR count). The molecule has 0 aliphatic heterocycles. The molecule has 0 unspecified atom stereocenters. The van der Waals surface area contributed by atoms with Crippen molar-refractivity contribution < 1.29 is 12.8 Å². The van der Waals surface area contributed by atoms with Gasteiger partial charge in [-0.1, -0.05) is 13.0 Å². The molecule has 0 saturated carbocycles. The first kappa shape index (κ1) is 12.1. The lowest BCUT2D eigenvalue weighted by Crippen LogP contribution is -2.24. The highest BCUT2D eigenvalue weighted by Gasteiger charge is 2.14. The predicted octanol–water partition coefficient (Wildman–Crippen LogP) is 1.82. The van der Waals surface area contributed by atoms with Crippen LogP contribution in [-0.2, 0) is 10.0 Å². The van der Waals surface area contributed by atoms with Crippen LogP contribution in [0, 0.1) is 12.7 Å². The topological polar surface area (TPSA) is 46.2 Å². The van der Waals surface area contributed by atoms with Crippen LogP contribution >= 0.6 is 0 Å². The molecular weight excluding hydrogens is 217 g/mol. The van der Waals surface area contributed by atoms with Crippen molar-refractivity contribution in [1.82, 2.24) is 4.72 Å². The van der Waals surface area contributed by atoms with Gasteiger partial charge in [-0.2, -0.15) is 0 Å². The van der Waals surface area contributed by atoms with Gasteiger partial charge in [-0.15, -0.1) is 0 Å². The fourth-order valence-corrected chi connectivity index (χ4v) is 2.21. The van der Waals surface area contributed by atoms with Gasteiger partial charge in [0.05, 0.1) is 4.90 Å². The summed E-state index contributed by atoms with van der Waals surface area (Å²) in [6, 6.07) is 3.89. The number of nitrogens with one attached hydrogen (secondary N) is 1. The van der Waals surface area contributed by atoms with Gasteiger partial charge in [0.25, 0.3) is 0 Å². The maximum Gasteiger partial charge on any atom is 0.240 e. The SMILES string of the molecule is CCCNS(=O)(=O)c1ccc(C)c(F)c1. The molecule has 0 saturated heterocycles. The lowest BCUT2D eigenvalue weighted by atomic mass is 10.2. The van der Waals surface area contributed by atoms with Crippen molar-refractivity contribution in [3.05, 3.63) is 29.6 Å². The van der Waals surface area contributed by atoms with Crippen molar-refractivity contribution in [2.75, 3.05) is 6.54 Å². The lowest BCUT2D eigenvalue weighted by Gasteiger charge is -2.06. The molecule has 0 radical (unpaired) electrons. The Balaban J connectivity index is 3.00. The van der Waals surface area contributed by atoms with Gasteiger partial charge < -0.3 is 0 Å². The number of rotatable bonds is 4. The summed E-state index contributed by atoms with van der Waals surface area (Å²) in [5, 5.41) is 0. The van der Waals surface area contributed by atoms with E-state index in [9.17, 15) is 12.8 Å². The Bertz CT molecular complexity index is 443. The fraction of sp³-hybridized carbons (Fsp3) is 0.400. The summed E-state index contributed by atoms with van der Waals surface area (Å²) in [6.45, 7) is 3.81. The van der Waals surface area contributed by atoms with Gasteiger partial charge in [0.2, 0.25) is 10.0 Å². The first-order valence-electron chi connectivity index (χ1n) is 4.73. The van der Waals surface area contributed by atoms with Gasteiger partial charge in [0.1, 0.15) is 5.82 Å². The van der Waals surface area contributed by atoms with Crippen molar-refractivity contribution in [1.29, 1.82) is 0 Å². The molecule has 15 heavy (non-hydrogen) atoms. The van der Waals surface area contributed by atoms with Crippen LogP contribution in [0.3, 0.4) is 0 Å². The summed E-state index contributed by atoms with van der Waals surface area (Å²) in [4.78, 5) is -0.0287. The van der Waals surface area contributed by atoms with Crippen LogP contribution in [0.25, 0.3) is 0 Å². The molecule has 0 heterocycles. The summed E-state index contributed by atoms with van der Waals surface area (Å²) in [5.41, 5.74) is 0.435.